The lowest BCUT2D eigenvalue weighted by atomic mass is 10.4. The van der Waals surface area contributed by atoms with Crippen molar-refractivity contribution in [2.24, 2.45) is 7.05 Å². The van der Waals surface area contributed by atoms with E-state index in [1.807, 2.05) is 25.4 Å². The molecule has 0 aliphatic rings. The molecule has 17 heavy (non-hydrogen) atoms. The summed E-state index contributed by atoms with van der Waals surface area (Å²) in [6.07, 6.45) is 3.72. The average Bonchev–Trinajstić information content (AvgIpc) is 2.90. The molecule has 1 N–H and O–H groups in total. The number of halogens is 1. The Hall–Kier alpha value is -1.62. The maximum atomic E-state index is 12.3. The molecule has 0 aromatic carbocycles. The van der Waals surface area contributed by atoms with Gasteiger partial charge in [0.1, 0.15) is 6.67 Å². The van der Waals surface area contributed by atoms with E-state index in [1.54, 1.807) is 10.9 Å². The average molecular weight is 236 g/mol. The topological polar surface area (TPSA) is 34.8 Å². The van der Waals surface area contributed by atoms with Crippen molar-refractivity contribution in [1.82, 2.24) is 19.7 Å². The van der Waals surface area contributed by atoms with Crippen molar-refractivity contribution in [2.75, 3.05) is 6.67 Å². The van der Waals surface area contributed by atoms with E-state index in [4.69, 9.17) is 0 Å². The minimum absolute atomic E-state index is 0.328. The third-order valence-corrected chi connectivity index (χ3v) is 2.76. The fourth-order valence-electron chi connectivity index (χ4n) is 1.79. The van der Waals surface area contributed by atoms with E-state index in [9.17, 15) is 4.39 Å². The third-order valence-electron chi connectivity index (χ3n) is 2.76. The van der Waals surface area contributed by atoms with Gasteiger partial charge in [-0.3, -0.25) is 4.68 Å². The smallest absolute Gasteiger partial charge is 0.109 e. The van der Waals surface area contributed by atoms with Crippen LogP contribution in [-0.2, 0) is 26.7 Å². The van der Waals surface area contributed by atoms with Gasteiger partial charge in [-0.15, -0.1) is 0 Å². The maximum Gasteiger partial charge on any atom is 0.109 e. The van der Waals surface area contributed by atoms with Crippen molar-refractivity contribution >= 4 is 0 Å². The first-order valence-electron chi connectivity index (χ1n) is 5.69. The second kappa shape index (κ2) is 5.63. The molecule has 2 heterocycles. The Bertz CT molecular complexity index is 461. The van der Waals surface area contributed by atoms with Crippen LogP contribution in [0, 0.1) is 0 Å². The lowest BCUT2D eigenvalue weighted by molar-refractivity contribution is 0.416. The number of nitrogens with zero attached hydrogens (tertiary/aromatic N) is 3. The number of alkyl halides is 1. The van der Waals surface area contributed by atoms with Gasteiger partial charge in [0, 0.05) is 38.2 Å². The van der Waals surface area contributed by atoms with E-state index in [1.165, 1.54) is 5.69 Å². The lowest BCUT2D eigenvalue weighted by Crippen LogP contribution is -2.18. The van der Waals surface area contributed by atoms with Gasteiger partial charge in [0.25, 0.3) is 0 Å². The van der Waals surface area contributed by atoms with Gasteiger partial charge in [0.05, 0.1) is 12.2 Å². The van der Waals surface area contributed by atoms with Gasteiger partial charge in [-0.2, -0.15) is 5.10 Å². The molecule has 0 saturated heterocycles. The normalized spacial score (nSPS) is 10.9. The first-order valence-corrected chi connectivity index (χ1v) is 5.69. The molecule has 2 aromatic heterocycles. The molecule has 2 aromatic rings. The molecule has 0 amide bonds. The van der Waals surface area contributed by atoms with Crippen molar-refractivity contribution in [3.8, 4) is 0 Å². The summed E-state index contributed by atoms with van der Waals surface area (Å²) in [7, 11) is 2.02. The first kappa shape index (κ1) is 11.9. The molecule has 0 spiro atoms. The van der Waals surface area contributed by atoms with Crippen LogP contribution in [-0.4, -0.2) is 21.0 Å². The summed E-state index contributed by atoms with van der Waals surface area (Å²) in [5.74, 6) is 0. The number of aryl methyl sites for hydroxylation is 2. The van der Waals surface area contributed by atoms with Crippen molar-refractivity contribution in [2.45, 2.75) is 19.6 Å². The molecule has 5 heteroatoms. The van der Waals surface area contributed by atoms with Crippen LogP contribution in [0.15, 0.2) is 30.6 Å². The summed E-state index contributed by atoms with van der Waals surface area (Å²) in [6.45, 7) is 1.44. The molecule has 0 saturated carbocycles. The summed E-state index contributed by atoms with van der Waals surface area (Å²) >= 11 is 0. The van der Waals surface area contributed by atoms with E-state index < -0.39 is 0 Å². The molecule has 0 aliphatic carbocycles. The quantitative estimate of drug-likeness (QED) is 0.824. The van der Waals surface area contributed by atoms with Crippen LogP contribution in [0.5, 0.6) is 0 Å². The first-order chi connectivity index (χ1) is 8.31. The molecule has 2 rings (SSSR count). The predicted octanol–water partition coefficient (Wildman–Crippen LogP) is 1.48. The summed E-state index contributed by atoms with van der Waals surface area (Å²) in [5, 5.41) is 7.40. The Labute approximate surface area is 100 Å². The molecule has 92 valence electrons. The minimum Gasteiger partial charge on any atom is -0.353 e. The summed E-state index contributed by atoms with van der Waals surface area (Å²) in [4.78, 5) is 0. The van der Waals surface area contributed by atoms with Crippen molar-refractivity contribution < 1.29 is 4.39 Å². The zero-order valence-electron chi connectivity index (χ0n) is 9.93. The Balaban J connectivity index is 1.86. The Morgan fingerprint density at radius 1 is 1.29 bits per heavy atom. The van der Waals surface area contributed by atoms with Gasteiger partial charge in [0.15, 0.2) is 0 Å². The Morgan fingerprint density at radius 3 is 2.82 bits per heavy atom. The number of aromatic nitrogens is 3. The van der Waals surface area contributed by atoms with Gasteiger partial charge in [-0.05, 0) is 18.2 Å². The Morgan fingerprint density at radius 2 is 2.12 bits per heavy atom. The summed E-state index contributed by atoms with van der Waals surface area (Å²) in [6, 6.07) is 6.00. The highest BCUT2D eigenvalue weighted by Gasteiger charge is 2.02. The van der Waals surface area contributed by atoms with Crippen LogP contribution in [0.2, 0.25) is 0 Å². The van der Waals surface area contributed by atoms with Gasteiger partial charge < -0.3 is 9.88 Å². The van der Waals surface area contributed by atoms with Crippen LogP contribution in [0.1, 0.15) is 11.4 Å². The van der Waals surface area contributed by atoms with E-state index >= 15 is 0 Å². The SMILES string of the molecule is Cn1cccc1CNCc1ccnn1CCF. The molecular formula is C12H17FN4. The highest BCUT2D eigenvalue weighted by atomic mass is 19.1. The number of nitrogens with one attached hydrogen (secondary N) is 1. The van der Waals surface area contributed by atoms with Crippen molar-refractivity contribution in [3.63, 3.8) is 0 Å². The van der Waals surface area contributed by atoms with Crippen LogP contribution in [0.4, 0.5) is 4.39 Å². The molecule has 0 aliphatic heterocycles. The zero-order valence-corrected chi connectivity index (χ0v) is 9.93. The highest BCUT2D eigenvalue weighted by Crippen LogP contribution is 2.02. The molecule has 0 bridgehead atoms. The summed E-state index contributed by atoms with van der Waals surface area (Å²) in [5.41, 5.74) is 2.23. The van der Waals surface area contributed by atoms with E-state index in [0.29, 0.717) is 13.1 Å². The molecular weight excluding hydrogens is 219 g/mol. The fraction of sp³-hybridized carbons (Fsp3) is 0.417. The fourth-order valence-corrected chi connectivity index (χ4v) is 1.79. The second-order valence-electron chi connectivity index (χ2n) is 3.95. The van der Waals surface area contributed by atoms with Crippen LogP contribution >= 0.6 is 0 Å². The predicted molar refractivity (Wildman–Crippen MR) is 64.2 cm³/mol. The monoisotopic (exact) mass is 236 g/mol. The standard InChI is InChI=1S/C12H17FN4/c1-16-7-2-3-11(16)9-14-10-12-4-6-15-17(12)8-5-13/h2-4,6-7,14H,5,8-10H2,1H3. The maximum absolute atomic E-state index is 12.3. The van der Waals surface area contributed by atoms with Gasteiger partial charge in [0.2, 0.25) is 0 Å². The van der Waals surface area contributed by atoms with Gasteiger partial charge in [-0.1, -0.05) is 0 Å². The van der Waals surface area contributed by atoms with Crippen molar-refractivity contribution in [1.29, 1.82) is 0 Å². The molecule has 4 nitrogen and oxygen atoms in total. The second-order valence-corrected chi connectivity index (χ2v) is 3.95. The highest BCUT2D eigenvalue weighted by molar-refractivity contribution is 5.07. The molecule has 0 radical (unpaired) electrons. The van der Waals surface area contributed by atoms with E-state index in [0.717, 1.165) is 12.2 Å². The minimum atomic E-state index is -0.382. The molecule has 0 unspecified atom stereocenters. The number of hydrogen-bond acceptors (Lipinski definition) is 2. The number of rotatable bonds is 6. The van der Waals surface area contributed by atoms with E-state index in [-0.39, 0.29) is 6.67 Å². The largest absolute Gasteiger partial charge is 0.353 e. The van der Waals surface area contributed by atoms with Gasteiger partial charge >= 0.3 is 0 Å². The van der Waals surface area contributed by atoms with Crippen LogP contribution < -0.4 is 5.32 Å². The molecule has 0 fully saturated rings. The van der Waals surface area contributed by atoms with Crippen LogP contribution in [0.25, 0.3) is 0 Å². The van der Waals surface area contributed by atoms with E-state index in [2.05, 4.69) is 21.0 Å². The van der Waals surface area contributed by atoms with Crippen LogP contribution in [0.3, 0.4) is 0 Å². The Kier molecular flexibility index (Phi) is 3.93. The lowest BCUT2D eigenvalue weighted by Gasteiger charge is -2.08. The number of hydrogen-bond donors (Lipinski definition) is 1. The molecule has 0 atom stereocenters. The zero-order chi connectivity index (χ0) is 12.1. The van der Waals surface area contributed by atoms with Crippen molar-refractivity contribution in [3.05, 3.63) is 42.0 Å². The third kappa shape index (κ3) is 2.94. The summed E-state index contributed by atoms with van der Waals surface area (Å²) < 4.78 is 16.0. The van der Waals surface area contributed by atoms with Gasteiger partial charge in [-0.25, -0.2) is 4.39 Å².